The van der Waals surface area contributed by atoms with Gasteiger partial charge in [0.25, 0.3) is 5.56 Å². The summed E-state index contributed by atoms with van der Waals surface area (Å²) in [6.45, 7) is 0.743. The van der Waals surface area contributed by atoms with Crippen molar-refractivity contribution in [2.24, 2.45) is 0 Å². The number of rotatable bonds is 12. The highest BCUT2D eigenvalue weighted by atomic mass is 19.3. The van der Waals surface area contributed by atoms with E-state index in [2.05, 4.69) is 15.0 Å². The third kappa shape index (κ3) is 7.68. The van der Waals surface area contributed by atoms with Crippen LogP contribution in [0.15, 0.2) is 71.7 Å². The number of fused-ring (bicyclic) bond motifs is 1. The number of aromatic nitrogens is 1. The van der Waals surface area contributed by atoms with E-state index in [4.69, 9.17) is 10.8 Å². The SMILES string of the molecule is Cc1cc(C(Nc2ccc3cc[nH]c(=O)c3c2)C(=O)N(C)Cc2cc(N)ccc2OC(F)F)ccc1[C@@H](C)CCC(=O)O. The van der Waals surface area contributed by atoms with Crippen LogP contribution in [0.3, 0.4) is 0 Å². The van der Waals surface area contributed by atoms with Gasteiger partial charge in [0, 0.05) is 48.5 Å². The molecular weight excluding hydrogens is 558 g/mol. The fourth-order valence-corrected chi connectivity index (χ4v) is 5.14. The number of aromatic amines is 1. The summed E-state index contributed by atoms with van der Waals surface area (Å²) in [6, 6.07) is 15.9. The maximum absolute atomic E-state index is 14.0. The minimum atomic E-state index is -3.05. The van der Waals surface area contributed by atoms with Crippen LogP contribution >= 0.6 is 0 Å². The van der Waals surface area contributed by atoms with Crippen LogP contribution in [0.25, 0.3) is 10.8 Å². The lowest BCUT2D eigenvalue weighted by Crippen LogP contribution is -2.35. The van der Waals surface area contributed by atoms with E-state index < -0.39 is 18.6 Å². The highest BCUT2D eigenvalue weighted by Crippen LogP contribution is 2.31. The Morgan fingerprint density at radius 2 is 1.86 bits per heavy atom. The van der Waals surface area contributed by atoms with Crippen molar-refractivity contribution in [3.05, 3.63) is 99.5 Å². The molecule has 1 unspecified atom stereocenters. The number of benzene rings is 3. The van der Waals surface area contributed by atoms with E-state index in [1.54, 1.807) is 37.5 Å². The van der Waals surface area contributed by atoms with Crippen LogP contribution in [-0.4, -0.2) is 40.5 Å². The van der Waals surface area contributed by atoms with Crippen LogP contribution in [-0.2, 0) is 16.1 Å². The number of pyridine rings is 1. The number of halogens is 2. The summed E-state index contributed by atoms with van der Waals surface area (Å²) in [5.41, 5.74) is 9.27. The van der Waals surface area contributed by atoms with Gasteiger partial charge in [-0.2, -0.15) is 8.78 Å². The zero-order valence-corrected chi connectivity index (χ0v) is 24.1. The molecule has 43 heavy (non-hydrogen) atoms. The first-order valence-electron chi connectivity index (χ1n) is 13.7. The largest absolute Gasteiger partial charge is 0.481 e. The van der Waals surface area contributed by atoms with Crippen molar-refractivity contribution in [2.75, 3.05) is 18.1 Å². The van der Waals surface area contributed by atoms with Crippen molar-refractivity contribution in [1.29, 1.82) is 0 Å². The first-order valence-corrected chi connectivity index (χ1v) is 13.7. The Hall–Kier alpha value is -4.93. The van der Waals surface area contributed by atoms with Crippen LogP contribution in [0.4, 0.5) is 20.2 Å². The molecule has 11 heteroatoms. The molecular formula is C32H34F2N4O5. The molecule has 4 aromatic rings. The summed E-state index contributed by atoms with van der Waals surface area (Å²) in [7, 11) is 1.55. The van der Waals surface area contributed by atoms with Crippen molar-refractivity contribution in [1.82, 2.24) is 9.88 Å². The number of amides is 1. The highest BCUT2D eigenvalue weighted by molar-refractivity contribution is 5.89. The van der Waals surface area contributed by atoms with Crippen LogP contribution in [0.1, 0.15) is 54.0 Å². The molecule has 2 atom stereocenters. The second kappa shape index (κ2) is 13.4. The van der Waals surface area contributed by atoms with Crippen LogP contribution in [0, 0.1) is 6.92 Å². The Kier molecular flexibility index (Phi) is 9.64. The van der Waals surface area contributed by atoms with Gasteiger partial charge in [0.15, 0.2) is 0 Å². The third-order valence-corrected chi connectivity index (χ3v) is 7.37. The van der Waals surface area contributed by atoms with Crippen molar-refractivity contribution in [3.8, 4) is 5.75 Å². The molecule has 226 valence electrons. The third-order valence-electron chi connectivity index (χ3n) is 7.37. The standard InChI is InChI=1S/C32H34F2N4O5/c1-18(4-11-28(39)40)25-9-6-21(14-19(25)2)29(37-24-8-5-20-12-13-36-30(41)26(20)16-24)31(42)38(3)17-22-15-23(35)7-10-27(22)43-32(33)34/h5-10,12-16,18,29,32,37H,4,11,17,35H2,1-3H3,(H,36,41)(H,39,40)/t18-,29?/m0/s1. The number of nitrogens with zero attached hydrogens (tertiary/aromatic N) is 1. The zero-order valence-electron chi connectivity index (χ0n) is 24.1. The maximum atomic E-state index is 14.0. The normalized spacial score (nSPS) is 12.6. The number of alkyl halides is 2. The molecule has 0 spiro atoms. The summed E-state index contributed by atoms with van der Waals surface area (Å²) in [6.07, 6.45) is 2.06. The minimum Gasteiger partial charge on any atom is -0.481 e. The van der Waals surface area contributed by atoms with Gasteiger partial charge in [-0.1, -0.05) is 31.2 Å². The summed E-state index contributed by atoms with van der Waals surface area (Å²) in [4.78, 5) is 41.6. The van der Waals surface area contributed by atoms with Crippen LogP contribution in [0.5, 0.6) is 5.75 Å². The Morgan fingerprint density at radius 1 is 1.09 bits per heavy atom. The number of nitrogens with one attached hydrogen (secondary N) is 2. The van der Waals surface area contributed by atoms with Crippen LogP contribution in [0.2, 0.25) is 0 Å². The van der Waals surface area contributed by atoms with Gasteiger partial charge in [-0.25, -0.2) is 0 Å². The molecule has 0 fully saturated rings. The van der Waals surface area contributed by atoms with Gasteiger partial charge < -0.3 is 30.8 Å². The Bertz CT molecular complexity index is 1690. The van der Waals surface area contributed by atoms with Crippen LogP contribution < -0.4 is 21.3 Å². The van der Waals surface area contributed by atoms with E-state index in [9.17, 15) is 23.2 Å². The van der Waals surface area contributed by atoms with E-state index >= 15 is 0 Å². The summed E-state index contributed by atoms with van der Waals surface area (Å²) < 4.78 is 30.7. The zero-order chi connectivity index (χ0) is 31.3. The molecule has 9 nitrogen and oxygen atoms in total. The van der Waals surface area contributed by atoms with Gasteiger partial charge in [-0.15, -0.1) is 0 Å². The molecule has 0 aliphatic heterocycles. The average Bonchev–Trinajstić information content (AvgIpc) is 2.95. The first kappa shape index (κ1) is 31.0. The molecule has 0 aliphatic rings. The van der Waals surface area contributed by atoms with E-state index in [-0.39, 0.29) is 36.1 Å². The van der Waals surface area contributed by atoms with Gasteiger partial charge >= 0.3 is 12.6 Å². The molecule has 0 saturated carbocycles. The van der Waals surface area contributed by atoms with E-state index in [0.717, 1.165) is 16.5 Å². The van der Waals surface area contributed by atoms with Gasteiger partial charge in [-0.3, -0.25) is 14.4 Å². The van der Waals surface area contributed by atoms with E-state index in [1.165, 1.54) is 23.1 Å². The number of H-pyrrole nitrogens is 1. The number of carboxylic acids is 1. The quantitative estimate of drug-likeness (QED) is 0.153. The number of aryl methyl sites for hydroxylation is 1. The molecule has 1 amide bonds. The minimum absolute atomic E-state index is 0.0149. The predicted octanol–water partition coefficient (Wildman–Crippen LogP) is 5.80. The molecule has 0 bridgehead atoms. The van der Waals surface area contributed by atoms with Crippen molar-refractivity contribution in [2.45, 2.75) is 51.8 Å². The van der Waals surface area contributed by atoms with Crippen molar-refractivity contribution < 1.29 is 28.2 Å². The number of aliphatic carboxylic acids is 1. The molecule has 1 heterocycles. The number of nitrogens with two attached hydrogens (primary N) is 1. The molecule has 0 radical (unpaired) electrons. The molecule has 5 N–H and O–H groups in total. The second-order valence-corrected chi connectivity index (χ2v) is 10.6. The first-order chi connectivity index (χ1) is 20.4. The van der Waals surface area contributed by atoms with Crippen molar-refractivity contribution >= 4 is 34.0 Å². The summed E-state index contributed by atoms with van der Waals surface area (Å²) in [5.74, 6) is -1.34. The van der Waals surface area contributed by atoms with Gasteiger partial charge in [-0.05, 0) is 77.7 Å². The average molecular weight is 593 g/mol. The van der Waals surface area contributed by atoms with E-state index in [1.807, 2.05) is 32.0 Å². The number of carbonyl (C=O) groups excluding carboxylic acids is 1. The monoisotopic (exact) mass is 592 g/mol. The Labute approximate surface area is 247 Å². The lowest BCUT2D eigenvalue weighted by molar-refractivity contribution is -0.137. The molecule has 1 aromatic heterocycles. The lowest BCUT2D eigenvalue weighted by atomic mass is 9.90. The topological polar surface area (TPSA) is 138 Å². The predicted molar refractivity (Wildman–Crippen MR) is 161 cm³/mol. The number of anilines is 2. The fourth-order valence-electron chi connectivity index (χ4n) is 5.14. The molecule has 0 aliphatic carbocycles. The number of carboxylic acid groups (broad SMARTS) is 1. The lowest BCUT2D eigenvalue weighted by Gasteiger charge is -2.27. The fraction of sp³-hybridized carbons (Fsp3) is 0.281. The highest BCUT2D eigenvalue weighted by Gasteiger charge is 2.26. The van der Waals surface area contributed by atoms with Gasteiger partial charge in [0.2, 0.25) is 5.91 Å². The number of hydrogen-bond donors (Lipinski definition) is 4. The number of likely N-dealkylation sites (N-methyl/N-ethyl adjacent to an activating group) is 1. The molecule has 4 rings (SSSR count). The number of ether oxygens (including phenoxy) is 1. The second-order valence-electron chi connectivity index (χ2n) is 10.6. The smallest absolute Gasteiger partial charge is 0.387 e. The van der Waals surface area contributed by atoms with Gasteiger partial charge in [0.1, 0.15) is 11.8 Å². The number of nitrogen functional groups attached to an aromatic ring is 1. The van der Waals surface area contributed by atoms with E-state index in [0.29, 0.717) is 34.3 Å². The van der Waals surface area contributed by atoms with Gasteiger partial charge in [0.05, 0.1) is 0 Å². The summed E-state index contributed by atoms with van der Waals surface area (Å²) in [5, 5.41) is 13.5. The Balaban J connectivity index is 1.69. The number of hydrogen-bond acceptors (Lipinski definition) is 6. The molecule has 0 saturated heterocycles. The summed E-state index contributed by atoms with van der Waals surface area (Å²) >= 11 is 0. The molecule has 3 aromatic carbocycles. The van der Waals surface area contributed by atoms with Crippen molar-refractivity contribution in [3.63, 3.8) is 0 Å². The number of carbonyl (C=O) groups is 2. The Morgan fingerprint density at radius 3 is 2.56 bits per heavy atom. The maximum Gasteiger partial charge on any atom is 0.387 e.